The molecule has 5 heteroatoms. The summed E-state index contributed by atoms with van der Waals surface area (Å²) in [4.78, 5) is 12.4. The summed E-state index contributed by atoms with van der Waals surface area (Å²) in [6.45, 7) is 4.99. The molecule has 2 aromatic rings. The largest absolute Gasteiger partial charge is 0.486 e. The minimum Gasteiger partial charge on any atom is -0.486 e. The summed E-state index contributed by atoms with van der Waals surface area (Å²) in [5, 5.41) is 2.91. The number of amides is 2. The number of nitrogens with zero attached hydrogens (tertiary/aromatic N) is 1. The molecule has 0 aromatic heterocycles. The van der Waals surface area contributed by atoms with E-state index < -0.39 is 0 Å². The molecular weight excluding hydrogens is 380 g/mol. The minimum atomic E-state index is -0.215. The number of hydrogen-bond acceptors (Lipinski definition) is 3. The predicted octanol–water partition coefficient (Wildman–Crippen LogP) is 7.26. The first-order chi connectivity index (χ1) is 14.1. The summed E-state index contributed by atoms with van der Waals surface area (Å²) in [5.41, 5.74) is 1.88. The van der Waals surface area contributed by atoms with E-state index in [-0.39, 0.29) is 12.1 Å². The second-order valence-electron chi connectivity index (χ2n) is 7.30. The van der Waals surface area contributed by atoms with E-state index in [2.05, 4.69) is 44.1 Å². The zero-order chi connectivity index (χ0) is 20.9. The van der Waals surface area contributed by atoms with Crippen molar-refractivity contribution in [3.8, 4) is 5.75 Å². The molecule has 4 nitrogen and oxygen atoms in total. The summed E-state index contributed by atoms with van der Waals surface area (Å²) in [6, 6.07) is 17.6. The minimum absolute atomic E-state index is 0.00189. The van der Waals surface area contributed by atoms with Crippen LogP contribution in [0.3, 0.4) is 0 Å². The van der Waals surface area contributed by atoms with Gasteiger partial charge in [0.2, 0.25) is 0 Å². The molecule has 0 aliphatic rings. The quantitative estimate of drug-likeness (QED) is 0.283. The lowest BCUT2D eigenvalue weighted by atomic mass is 10.0. The Labute approximate surface area is 181 Å². The molecule has 0 spiro atoms. The van der Waals surface area contributed by atoms with E-state index in [0.29, 0.717) is 12.2 Å². The first kappa shape index (κ1) is 23.1. The summed E-state index contributed by atoms with van der Waals surface area (Å²) < 4.78 is 7.73. The number of carbonyl (C=O) groups excluding carboxylic acids is 1. The van der Waals surface area contributed by atoms with Crippen molar-refractivity contribution in [1.82, 2.24) is 4.31 Å². The number of unbranched alkanes of at least 4 members (excludes halogenated alkanes) is 4. The zero-order valence-electron chi connectivity index (χ0n) is 17.6. The Morgan fingerprint density at radius 3 is 2.48 bits per heavy atom. The predicted molar refractivity (Wildman–Crippen MR) is 125 cm³/mol. The van der Waals surface area contributed by atoms with Crippen molar-refractivity contribution in [2.24, 2.45) is 0 Å². The number of urea groups is 1. The van der Waals surface area contributed by atoms with Crippen LogP contribution >= 0.6 is 12.8 Å². The molecule has 0 saturated heterocycles. The van der Waals surface area contributed by atoms with Crippen molar-refractivity contribution in [3.63, 3.8) is 0 Å². The van der Waals surface area contributed by atoms with Crippen molar-refractivity contribution in [2.45, 2.75) is 64.9 Å². The highest BCUT2D eigenvalue weighted by Gasteiger charge is 2.14. The van der Waals surface area contributed by atoms with Crippen LogP contribution in [0.2, 0.25) is 0 Å². The topological polar surface area (TPSA) is 41.6 Å². The van der Waals surface area contributed by atoms with Gasteiger partial charge >= 0.3 is 6.03 Å². The van der Waals surface area contributed by atoms with Crippen molar-refractivity contribution in [3.05, 3.63) is 60.2 Å². The molecule has 0 aliphatic carbocycles. The van der Waals surface area contributed by atoms with Crippen LogP contribution in [0, 0.1) is 0 Å². The zero-order valence-corrected chi connectivity index (χ0v) is 18.5. The molecule has 158 valence electrons. The molecule has 2 rings (SSSR count). The van der Waals surface area contributed by atoms with Crippen molar-refractivity contribution < 1.29 is 9.53 Å². The number of carbonyl (C=O) groups is 1. The van der Waals surface area contributed by atoms with Crippen LogP contribution < -0.4 is 10.1 Å². The molecule has 0 bridgehead atoms. The van der Waals surface area contributed by atoms with Gasteiger partial charge < -0.3 is 10.1 Å². The van der Waals surface area contributed by atoms with Crippen LogP contribution in [0.25, 0.3) is 0 Å². The molecule has 1 N–H and O–H groups in total. The van der Waals surface area contributed by atoms with Crippen LogP contribution in [-0.4, -0.2) is 16.9 Å². The molecule has 2 amide bonds. The van der Waals surface area contributed by atoms with Gasteiger partial charge in [0.15, 0.2) is 0 Å². The van der Waals surface area contributed by atoms with E-state index in [9.17, 15) is 4.79 Å². The number of benzene rings is 2. The lowest BCUT2D eigenvalue weighted by Gasteiger charge is -2.20. The number of hydrogen-bond donors (Lipinski definition) is 2. The summed E-state index contributed by atoms with van der Waals surface area (Å²) in [5.74, 6) is 0.751. The lowest BCUT2D eigenvalue weighted by molar-refractivity contribution is 0.191. The SMILES string of the molecule is CCCCCCN(S)C(=O)Nc1cccc(OC(CCCC)c2ccccc2)c1. The van der Waals surface area contributed by atoms with E-state index in [1.54, 1.807) is 0 Å². The Hall–Kier alpha value is -2.14. The van der Waals surface area contributed by atoms with Gasteiger partial charge in [-0.15, -0.1) is 0 Å². The standard InChI is InChI=1S/C24H34N2O2S/c1-3-5-7-11-18-26(29)24(27)25-21-15-12-16-22(19-21)28-23(17-6-4-2)20-13-9-8-10-14-20/h8-10,12-16,19,23,29H,3-7,11,17-18H2,1-2H3,(H,25,27). The molecule has 0 saturated carbocycles. The number of thiol groups is 1. The Morgan fingerprint density at radius 2 is 1.76 bits per heavy atom. The van der Waals surface area contributed by atoms with Gasteiger partial charge in [0, 0.05) is 18.3 Å². The Morgan fingerprint density at radius 1 is 1.00 bits per heavy atom. The van der Waals surface area contributed by atoms with Crippen LogP contribution in [0.4, 0.5) is 10.5 Å². The van der Waals surface area contributed by atoms with Gasteiger partial charge in [-0.05, 0) is 37.0 Å². The van der Waals surface area contributed by atoms with Gasteiger partial charge in [0.1, 0.15) is 11.9 Å². The Kier molecular flexibility index (Phi) is 10.5. The van der Waals surface area contributed by atoms with Gasteiger partial charge in [0.25, 0.3) is 0 Å². The lowest BCUT2D eigenvalue weighted by Crippen LogP contribution is -2.28. The summed E-state index contributed by atoms with van der Waals surface area (Å²) in [6.07, 6.45) is 7.62. The molecule has 2 aromatic carbocycles. The van der Waals surface area contributed by atoms with Crippen LogP contribution in [0.5, 0.6) is 5.75 Å². The third kappa shape index (κ3) is 8.40. The Bertz CT molecular complexity index is 724. The summed E-state index contributed by atoms with van der Waals surface area (Å²) >= 11 is 4.32. The molecule has 1 atom stereocenters. The van der Waals surface area contributed by atoms with Gasteiger partial charge in [-0.1, -0.05) is 88.7 Å². The second kappa shape index (κ2) is 13.2. The molecule has 0 heterocycles. The number of ether oxygens (including phenoxy) is 1. The molecule has 0 radical (unpaired) electrons. The third-order valence-corrected chi connectivity index (χ3v) is 5.19. The van der Waals surface area contributed by atoms with E-state index >= 15 is 0 Å². The fourth-order valence-electron chi connectivity index (χ4n) is 3.14. The monoisotopic (exact) mass is 414 g/mol. The first-order valence-corrected chi connectivity index (χ1v) is 11.1. The van der Waals surface area contributed by atoms with Gasteiger partial charge in [0.05, 0.1) is 0 Å². The first-order valence-electron chi connectivity index (χ1n) is 10.7. The maximum absolute atomic E-state index is 12.4. The maximum Gasteiger partial charge on any atom is 0.331 e. The van der Waals surface area contributed by atoms with Gasteiger partial charge in [-0.3, -0.25) is 4.31 Å². The average Bonchev–Trinajstić information content (AvgIpc) is 2.75. The molecule has 29 heavy (non-hydrogen) atoms. The van der Waals surface area contributed by atoms with E-state index in [0.717, 1.165) is 37.9 Å². The maximum atomic E-state index is 12.4. The highest BCUT2D eigenvalue weighted by atomic mass is 32.1. The average molecular weight is 415 g/mol. The van der Waals surface area contributed by atoms with Gasteiger partial charge in [-0.25, -0.2) is 4.79 Å². The molecular formula is C24H34N2O2S. The second-order valence-corrected chi connectivity index (χ2v) is 7.78. The number of anilines is 1. The molecule has 0 fully saturated rings. The van der Waals surface area contributed by atoms with Crippen molar-refractivity contribution in [2.75, 3.05) is 11.9 Å². The normalized spacial score (nSPS) is 11.7. The van der Waals surface area contributed by atoms with E-state index in [4.69, 9.17) is 4.74 Å². The fourth-order valence-corrected chi connectivity index (χ4v) is 3.33. The number of nitrogens with one attached hydrogen (secondary N) is 1. The fraction of sp³-hybridized carbons (Fsp3) is 0.458. The smallest absolute Gasteiger partial charge is 0.331 e. The van der Waals surface area contributed by atoms with Crippen molar-refractivity contribution >= 4 is 24.5 Å². The van der Waals surface area contributed by atoms with Gasteiger partial charge in [-0.2, -0.15) is 0 Å². The Balaban J connectivity index is 1.97. The van der Waals surface area contributed by atoms with Crippen LogP contribution in [-0.2, 0) is 0 Å². The van der Waals surface area contributed by atoms with E-state index in [1.165, 1.54) is 22.7 Å². The molecule has 1 unspecified atom stereocenters. The van der Waals surface area contributed by atoms with Crippen LogP contribution in [0.15, 0.2) is 54.6 Å². The van der Waals surface area contributed by atoms with E-state index in [1.807, 2.05) is 42.5 Å². The summed E-state index contributed by atoms with van der Waals surface area (Å²) in [7, 11) is 0. The third-order valence-electron chi connectivity index (χ3n) is 4.81. The number of rotatable bonds is 12. The van der Waals surface area contributed by atoms with Crippen LogP contribution in [0.1, 0.15) is 70.5 Å². The highest BCUT2D eigenvalue weighted by molar-refractivity contribution is 7.78. The molecule has 0 aliphatic heterocycles. The van der Waals surface area contributed by atoms with Crippen molar-refractivity contribution in [1.29, 1.82) is 0 Å². The highest BCUT2D eigenvalue weighted by Crippen LogP contribution is 2.28.